The third-order valence-corrected chi connectivity index (χ3v) is 5.75. The molecule has 1 N–H and O–H groups in total. The van der Waals surface area contributed by atoms with Crippen LogP contribution in [0.1, 0.15) is 26.7 Å². The van der Waals surface area contributed by atoms with E-state index in [9.17, 15) is 13.5 Å². The number of sulfone groups is 1. The van der Waals surface area contributed by atoms with E-state index in [0.29, 0.717) is 6.42 Å². The van der Waals surface area contributed by atoms with Gasteiger partial charge in [-0.3, -0.25) is 0 Å². The molecular formula is C10H17NO3S. The largest absolute Gasteiger partial charge is 0.395 e. The molecule has 1 aliphatic carbocycles. The van der Waals surface area contributed by atoms with Gasteiger partial charge in [0.25, 0.3) is 0 Å². The van der Waals surface area contributed by atoms with Crippen molar-refractivity contribution in [2.75, 3.05) is 12.4 Å². The SMILES string of the molecule is CCS(=O)(=O)[C@H]1C[C@@H](C)[C@@](C#N)(CO)C1. The van der Waals surface area contributed by atoms with Crippen LogP contribution < -0.4 is 0 Å². The van der Waals surface area contributed by atoms with E-state index in [-0.39, 0.29) is 24.7 Å². The summed E-state index contributed by atoms with van der Waals surface area (Å²) >= 11 is 0. The molecule has 0 aromatic rings. The van der Waals surface area contributed by atoms with Gasteiger partial charge < -0.3 is 5.11 Å². The molecule has 1 rings (SSSR count). The van der Waals surface area contributed by atoms with Crippen LogP contribution in [-0.4, -0.2) is 31.1 Å². The number of hydrogen-bond donors (Lipinski definition) is 1. The predicted octanol–water partition coefficient (Wildman–Crippen LogP) is 0.722. The molecule has 4 nitrogen and oxygen atoms in total. The Bertz CT molecular complexity index is 371. The van der Waals surface area contributed by atoms with E-state index in [2.05, 4.69) is 6.07 Å². The van der Waals surface area contributed by atoms with Crippen molar-refractivity contribution in [2.45, 2.75) is 31.9 Å². The average Bonchev–Trinajstić information content (AvgIpc) is 2.57. The predicted molar refractivity (Wildman–Crippen MR) is 56.8 cm³/mol. The summed E-state index contributed by atoms with van der Waals surface area (Å²) in [6.45, 7) is 3.20. The summed E-state index contributed by atoms with van der Waals surface area (Å²) in [4.78, 5) is 0. The first kappa shape index (κ1) is 12.5. The normalized spacial score (nSPS) is 36.4. The Labute approximate surface area is 90.8 Å². The molecule has 5 heteroatoms. The Balaban J connectivity index is 2.95. The molecule has 0 amide bonds. The van der Waals surface area contributed by atoms with E-state index in [1.54, 1.807) is 6.92 Å². The zero-order valence-corrected chi connectivity index (χ0v) is 9.92. The fraction of sp³-hybridized carbons (Fsp3) is 0.900. The minimum atomic E-state index is -3.08. The number of nitrogens with zero attached hydrogens (tertiary/aromatic N) is 1. The van der Waals surface area contributed by atoms with Crippen molar-refractivity contribution < 1.29 is 13.5 Å². The lowest BCUT2D eigenvalue weighted by Gasteiger charge is -2.22. The van der Waals surface area contributed by atoms with Gasteiger partial charge in [0, 0.05) is 5.75 Å². The van der Waals surface area contributed by atoms with E-state index >= 15 is 0 Å². The number of aliphatic hydroxyl groups excluding tert-OH is 1. The van der Waals surface area contributed by atoms with Gasteiger partial charge in [-0.1, -0.05) is 13.8 Å². The summed E-state index contributed by atoms with van der Waals surface area (Å²) in [6.07, 6.45) is 0.766. The van der Waals surface area contributed by atoms with Crippen molar-refractivity contribution in [1.82, 2.24) is 0 Å². The first-order chi connectivity index (χ1) is 6.91. The fourth-order valence-corrected chi connectivity index (χ4v) is 3.84. The van der Waals surface area contributed by atoms with E-state index in [1.165, 1.54) is 0 Å². The van der Waals surface area contributed by atoms with Crippen LogP contribution in [0.2, 0.25) is 0 Å². The molecule has 0 aromatic carbocycles. The zero-order valence-electron chi connectivity index (χ0n) is 9.10. The summed E-state index contributed by atoms with van der Waals surface area (Å²) < 4.78 is 23.4. The van der Waals surface area contributed by atoms with Crippen molar-refractivity contribution in [1.29, 1.82) is 5.26 Å². The Morgan fingerprint density at radius 3 is 2.53 bits per heavy atom. The van der Waals surface area contributed by atoms with Crippen LogP contribution in [0.15, 0.2) is 0 Å². The molecule has 15 heavy (non-hydrogen) atoms. The minimum Gasteiger partial charge on any atom is -0.395 e. The monoisotopic (exact) mass is 231 g/mol. The second-order valence-electron chi connectivity index (χ2n) is 4.34. The van der Waals surface area contributed by atoms with Gasteiger partial charge in [-0.2, -0.15) is 5.26 Å². The van der Waals surface area contributed by atoms with Crippen molar-refractivity contribution in [2.24, 2.45) is 11.3 Å². The summed E-state index contributed by atoms with van der Waals surface area (Å²) in [6, 6.07) is 2.09. The maximum absolute atomic E-state index is 11.7. The van der Waals surface area contributed by atoms with Gasteiger partial charge in [-0.25, -0.2) is 8.42 Å². The van der Waals surface area contributed by atoms with E-state index in [0.717, 1.165) is 0 Å². The molecule has 86 valence electrons. The summed E-state index contributed by atoms with van der Waals surface area (Å²) in [7, 11) is -3.08. The van der Waals surface area contributed by atoms with Crippen LogP contribution in [0, 0.1) is 22.7 Å². The number of nitriles is 1. The van der Waals surface area contributed by atoms with Crippen molar-refractivity contribution in [3.05, 3.63) is 0 Å². The summed E-state index contributed by atoms with van der Waals surface area (Å²) in [5.41, 5.74) is -0.854. The molecule has 0 aromatic heterocycles. The maximum atomic E-state index is 11.7. The van der Waals surface area contributed by atoms with E-state index in [4.69, 9.17) is 5.26 Å². The number of hydrogen-bond acceptors (Lipinski definition) is 4. The fourth-order valence-electron chi connectivity index (χ4n) is 2.23. The Hall–Kier alpha value is -0.600. The third-order valence-electron chi connectivity index (χ3n) is 3.57. The molecule has 0 unspecified atom stereocenters. The quantitative estimate of drug-likeness (QED) is 0.776. The molecular weight excluding hydrogens is 214 g/mol. The molecule has 0 saturated heterocycles. The second kappa shape index (κ2) is 4.11. The van der Waals surface area contributed by atoms with Gasteiger partial charge >= 0.3 is 0 Å². The second-order valence-corrected chi connectivity index (χ2v) is 6.91. The Kier molecular flexibility index (Phi) is 3.41. The standard InChI is InChI=1S/C10H17NO3S/c1-3-15(13,14)9-4-8(2)10(5-9,6-11)7-12/h8-9,12H,3-5,7H2,1-2H3/t8-,9+,10+/m1/s1. The van der Waals surface area contributed by atoms with Gasteiger partial charge in [0.1, 0.15) is 0 Å². The van der Waals surface area contributed by atoms with Crippen molar-refractivity contribution in [3.63, 3.8) is 0 Å². The maximum Gasteiger partial charge on any atom is 0.152 e. The summed E-state index contributed by atoms with van der Waals surface area (Å²) in [5, 5.41) is 17.8. The Morgan fingerprint density at radius 1 is 1.60 bits per heavy atom. The van der Waals surface area contributed by atoms with E-state index in [1.807, 2.05) is 6.92 Å². The molecule has 3 atom stereocenters. The smallest absolute Gasteiger partial charge is 0.152 e. The van der Waals surface area contributed by atoms with Crippen LogP contribution in [0.4, 0.5) is 0 Å². The molecule has 0 heterocycles. The molecule has 1 aliphatic rings. The lowest BCUT2D eigenvalue weighted by atomic mass is 9.81. The van der Waals surface area contributed by atoms with Gasteiger partial charge in [-0.05, 0) is 18.8 Å². The van der Waals surface area contributed by atoms with Gasteiger partial charge in [0.2, 0.25) is 0 Å². The molecule has 0 spiro atoms. The van der Waals surface area contributed by atoms with Crippen LogP contribution in [0.3, 0.4) is 0 Å². The molecule has 0 aliphatic heterocycles. The first-order valence-electron chi connectivity index (χ1n) is 5.15. The van der Waals surface area contributed by atoms with E-state index < -0.39 is 20.5 Å². The highest BCUT2D eigenvalue weighted by Gasteiger charge is 2.48. The van der Waals surface area contributed by atoms with Gasteiger partial charge in [0.15, 0.2) is 9.84 Å². The molecule has 0 bridgehead atoms. The lowest BCUT2D eigenvalue weighted by molar-refractivity contribution is 0.144. The highest BCUT2D eigenvalue weighted by atomic mass is 32.2. The van der Waals surface area contributed by atoms with Crippen molar-refractivity contribution in [3.8, 4) is 6.07 Å². The summed E-state index contributed by atoms with van der Waals surface area (Å²) in [5.74, 6) is 0.0518. The third kappa shape index (κ3) is 2.01. The first-order valence-corrected chi connectivity index (χ1v) is 6.87. The highest BCUT2D eigenvalue weighted by molar-refractivity contribution is 7.92. The molecule has 1 fully saturated rings. The topological polar surface area (TPSA) is 78.2 Å². The minimum absolute atomic E-state index is 0.0566. The number of rotatable bonds is 3. The van der Waals surface area contributed by atoms with Crippen LogP contribution in [0.25, 0.3) is 0 Å². The Morgan fingerprint density at radius 2 is 2.20 bits per heavy atom. The lowest BCUT2D eigenvalue weighted by Crippen LogP contribution is -2.27. The van der Waals surface area contributed by atoms with Crippen molar-refractivity contribution >= 4 is 9.84 Å². The molecule has 1 saturated carbocycles. The molecule has 0 radical (unpaired) electrons. The van der Waals surface area contributed by atoms with Crippen LogP contribution >= 0.6 is 0 Å². The van der Waals surface area contributed by atoms with Crippen LogP contribution in [-0.2, 0) is 9.84 Å². The van der Waals surface area contributed by atoms with Gasteiger partial charge in [0.05, 0.1) is 23.3 Å². The average molecular weight is 231 g/mol. The highest BCUT2D eigenvalue weighted by Crippen LogP contribution is 2.45. The van der Waals surface area contributed by atoms with Gasteiger partial charge in [-0.15, -0.1) is 0 Å². The van der Waals surface area contributed by atoms with Crippen LogP contribution in [0.5, 0.6) is 0 Å². The number of aliphatic hydroxyl groups is 1. The zero-order chi connectivity index (χ0) is 11.7.